The number of rotatable bonds is 6. The molecule has 1 heterocycles. The van der Waals surface area contributed by atoms with Crippen LogP contribution in [0.2, 0.25) is 0 Å². The molecule has 2 fully saturated rings. The highest BCUT2D eigenvalue weighted by molar-refractivity contribution is 5.87. The molecule has 2 N–H and O–H groups in total. The Morgan fingerprint density at radius 2 is 2.04 bits per heavy atom. The van der Waals surface area contributed by atoms with Gasteiger partial charge >= 0.3 is 6.09 Å². The van der Waals surface area contributed by atoms with Gasteiger partial charge in [-0.2, -0.15) is 0 Å². The minimum Gasteiger partial charge on any atom is -0.465 e. The number of carbonyl (C=O) groups excluding carboxylic acids is 1. The van der Waals surface area contributed by atoms with E-state index in [-0.39, 0.29) is 24.2 Å². The summed E-state index contributed by atoms with van der Waals surface area (Å²) >= 11 is 0. The van der Waals surface area contributed by atoms with Crippen LogP contribution in [-0.2, 0) is 20.9 Å². The van der Waals surface area contributed by atoms with E-state index in [0.29, 0.717) is 32.4 Å². The van der Waals surface area contributed by atoms with Crippen LogP contribution in [0.3, 0.4) is 0 Å². The first kappa shape index (κ1) is 18.7. The topological polar surface area (TPSA) is 88.1 Å². The van der Waals surface area contributed by atoms with Crippen LogP contribution in [0.25, 0.3) is 0 Å². The molecule has 1 aromatic carbocycles. The van der Waals surface area contributed by atoms with E-state index < -0.39 is 12.1 Å². The van der Waals surface area contributed by atoms with Crippen LogP contribution in [0.1, 0.15) is 31.2 Å². The van der Waals surface area contributed by atoms with Crippen molar-refractivity contribution >= 4 is 12.0 Å². The largest absolute Gasteiger partial charge is 0.465 e. The molecule has 2 amide bonds. The fourth-order valence-corrected chi connectivity index (χ4v) is 3.94. The van der Waals surface area contributed by atoms with Crippen molar-refractivity contribution in [2.24, 2.45) is 0 Å². The predicted molar refractivity (Wildman–Crippen MR) is 94.7 cm³/mol. The van der Waals surface area contributed by atoms with Crippen LogP contribution < -0.4 is 5.32 Å². The maximum Gasteiger partial charge on any atom is 0.408 e. The van der Waals surface area contributed by atoms with Crippen LogP contribution in [0, 0.1) is 0 Å². The third kappa shape index (κ3) is 4.16. The second-order valence-corrected chi connectivity index (χ2v) is 6.86. The first-order valence-corrected chi connectivity index (χ1v) is 9.07. The van der Waals surface area contributed by atoms with E-state index in [0.717, 1.165) is 12.0 Å². The Hall–Kier alpha value is -2.12. The number of ether oxygens (including phenoxy) is 2. The van der Waals surface area contributed by atoms with Crippen molar-refractivity contribution in [2.45, 2.75) is 56.6 Å². The maximum absolute atomic E-state index is 12.0. The number of benzene rings is 1. The maximum atomic E-state index is 12.0. The lowest BCUT2D eigenvalue weighted by atomic mass is 9.88. The summed E-state index contributed by atoms with van der Waals surface area (Å²) < 4.78 is 11.6. The number of hydrogen-bond donors (Lipinski definition) is 2. The van der Waals surface area contributed by atoms with Gasteiger partial charge in [0, 0.05) is 20.1 Å². The highest BCUT2D eigenvalue weighted by Crippen LogP contribution is 2.30. The molecule has 1 saturated heterocycles. The highest BCUT2D eigenvalue weighted by atomic mass is 16.5. The molecule has 3 rings (SSSR count). The summed E-state index contributed by atoms with van der Waals surface area (Å²) in [5, 5.41) is 12.4. The zero-order valence-electron chi connectivity index (χ0n) is 15.0. The van der Waals surface area contributed by atoms with E-state index in [1.165, 1.54) is 4.90 Å². The Kier molecular flexibility index (Phi) is 6.11. The van der Waals surface area contributed by atoms with Gasteiger partial charge in [0.05, 0.1) is 24.9 Å². The molecule has 1 saturated carbocycles. The van der Waals surface area contributed by atoms with Crippen molar-refractivity contribution in [1.29, 1.82) is 0 Å². The molecular weight excluding hydrogens is 336 g/mol. The normalized spacial score (nSPS) is 28.6. The van der Waals surface area contributed by atoms with Gasteiger partial charge in [0.15, 0.2) is 0 Å². The molecule has 1 aromatic rings. The molecule has 0 bridgehead atoms. The van der Waals surface area contributed by atoms with Crippen LogP contribution >= 0.6 is 0 Å². The van der Waals surface area contributed by atoms with E-state index in [1.54, 1.807) is 7.11 Å². The summed E-state index contributed by atoms with van der Waals surface area (Å²) in [6, 6.07) is 9.00. The lowest BCUT2D eigenvalue weighted by Crippen LogP contribution is -2.56. The molecule has 0 aromatic heterocycles. The molecule has 4 atom stereocenters. The lowest BCUT2D eigenvalue weighted by molar-refractivity contribution is -0.126. The quantitative estimate of drug-likeness (QED) is 0.808. The van der Waals surface area contributed by atoms with Gasteiger partial charge < -0.3 is 19.9 Å². The number of methoxy groups -OCH3 is 1. The van der Waals surface area contributed by atoms with Crippen molar-refractivity contribution in [2.75, 3.05) is 13.7 Å². The van der Waals surface area contributed by atoms with E-state index in [1.807, 2.05) is 30.3 Å². The first-order chi connectivity index (χ1) is 12.6. The molecular formula is C19H26N2O5. The molecule has 1 unspecified atom stereocenters. The Balaban J connectivity index is 1.63. The summed E-state index contributed by atoms with van der Waals surface area (Å²) in [7, 11) is 1.59. The minimum absolute atomic E-state index is 0.0180. The molecule has 0 spiro atoms. The Morgan fingerprint density at radius 1 is 1.27 bits per heavy atom. The smallest absolute Gasteiger partial charge is 0.408 e. The SMILES string of the molecule is CO[C@H]1C[C@@H](OCc2ccccc2)CC[C@H]1N(C(=O)O)C1CCNC1=O. The van der Waals surface area contributed by atoms with Crippen LogP contribution in [-0.4, -0.2) is 60.0 Å². The number of amides is 2. The average Bonchev–Trinajstić information content (AvgIpc) is 3.07. The van der Waals surface area contributed by atoms with Gasteiger partial charge in [0.25, 0.3) is 0 Å². The predicted octanol–water partition coefficient (Wildman–Crippen LogP) is 2.01. The van der Waals surface area contributed by atoms with Gasteiger partial charge in [-0.3, -0.25) is 9.69 Å². The molecule has 7 heteroatoms. The molecule has 1 aliphatic heterocycles. The van der Waals surface area contributed by atoms with Gasteiger partial charge in [0.1, 0.15) is 6.04 Å². The van der Waals surface area contributed by atoms with Gasteiger partial charge in [0.2, 0.25) is 5.91 Å². The van der Waals surface area contributed by atoms with Crippen molar-refractivity contribution in [1.82, 2.24) is 10.2 Å². The average molecular weight is 362 g/mol. The van der Waals surface area contributed by atoms with Crippen LogP contribution in [0.4, 0.5) is 4.79 Å². The third-order valence-corrected chi connectivity index (χ3v) is 5.27. The van der Waals surface area contributed by atoms with Crippen molar-refractivity contribution in [3.63, 3.8) is 0 Å². The molecule has 7 nitrogen and oxygen atoms in total. The van der Waals surface area contributed by atoms with Crippen LogP contribution in [0.15, 0.2) is 30.3 Å². The summed E-state index contributed by atoms with van der Waals surface area (Å²) in [6.07, 6.45) is 1.16. The zero-order valence-corrected chi connectivity index (χ0v) is 15.0. The third-order valence-electron chi connectivity index (χ3n) is 5.27. The molecule has 0 radical (unpaired) electrons. The standard InChI is InChI=1S/C19H26N2O5/c1-25-17-11-14(26-12-13-5-3-2-4-6-13)7-8-15(17)21(19(23)24)16-9-10-20-18(16)22/h2-6,14-17H,7-12H2,1H3,(H,20,22)(H,23,24)/t14-,15+,16?,17-/m0/s1. The Bertz CT molecular complexity index is 624. The van der Waals surface area contributed by atoms with Gasteiger partial charge in [-0.1, -0.05) is 30.3 Å². The summed E-state index contributed by atoms with van der Waals surface area (Å²) in [4.78, 5) is 25.1. The van der Waals surface area contributed by atoms with Gasteiger partial charge in [-0.15, -0.1) is 0 Å². The van der Waals surface area contributed by atoms with Gasteiger partial charge in [-0.25, -0.2) is 4.79 Å². The lowest BCUT2D eigenvalue weighted by Gasteiger charge is -2.42. The highest BCUT2D eigenvalue weighted by Gasteiger charge is 2.43. The minimum atomic E-state index is -1.07. The Morgan fingerprint density at radius 3 is 2.65 bits per heavy atom. The summed E-state index contributed by atoms with van der Waals surface area (Å²) in [6.45, 7) is 1.04. The number of carbonyl (C=O) groups is 2. The van der Waals surface area contributed by atoms with Crippen molar-refractivity contribution < 1.29 is 24.2 Å². The summed E-state index contributed by atoms with van der Waals surface area (Å²) in [5.74, 6) is -0.218. The fraction of sp³-hybridized carbons (Fsp3) is 0.579. The molecule has 142 valence electrons. The number of nitrogens with zero attached hydrogens (tertiary/aromatic N) is 1. The number of nitrogens with one attached hydrogen (secondary N) is 1. The van der Waals surface area contributed by atoms with Crippen molar-refractivity contribution in [3.8, 4) is 0 Å². The molecule has 26 heavy (non-hydrogen) atoms. The number of carboxylic acid groups (broad SMARTS) is 1. The monoisotopic (exact) mass is 362 g/mol. The second-order valence-electron chi connectivity index (χ2n) is 6.86. The Labute approximate surface area is 153 Å². The van der Waals surface area contributed by atoms with E-state index in [9.17, 15) is 14.7 Å². The number of hydrogen-bond acceptors (Lipinski definition) is 4. The van der Waals surface area contributed by atoms with E-state index >= 15 is 0 Å². The second kappa shape index (κ2) is 8.51. The van der Waals surface area contributed by atoms with E-state index in [4.69, 9.17) is 9.47 Å². The summed E-state index contributed by atoms with van der Waals surface area (Å²) in [5.41, 5.74) is 1.11. The molecule has 2 aliphatic rings. The zero-order chi connectivity index (χ0) is 18.5. The van der Waals surface area contributed by atoms with Crippen LogP contribution in [0.5, 0.6) is 0 Å². The van der Waals surface area contributed by atoms with E-state index in [2.05, 4.69) is 5.32 Å². The fourth-order valence-electron chi connectivity index (χ4n) is 3.94. The van der Waals surface area contributed by atoms with Crippen molar-refractivity contribution in [3.05, 3.63) is 35.9 Å². The first-order valence-electron chi connectivity index (χ1n) is 9.07. The van der Waals surface area contributed by atoms with Gasteiger partial charge in [-0.05, 0) is 24.8 Å². The molecule has 1 aliphatic carbocycles.